The van der Waals surface area contributed by atoms with Crippen molar-refractivity contribution in [3.63, 3.8) is 0 Å². The van der Waals surface area contributed by atoms with Crippen LogP contribution in [0.15, 0.2) is 0 Å². The molecular weight excluding hydrogens is 192 g/mol. The Hall–Kier alpha value is -0.120. The lowest BCUT2D eigenvalue weighted by Crippen LogP contribution is -2.35. The molecule has 0 aromatic carbocycles. The smallest absolute Gasteiger partial charge is 0.0849 e. The van der Waals surface area contributed by atoms with Gasteiger partial charge in [-0.2, -0.15) is 0 Å². The normalized spacial score (nSPS) is 14.6. The summed E-state index contributed by atoms with van der Waals surface area (Å²) in [6, 6.07) is 0. The van der Waals surface area contributed by atoms with Gasteiger partial charge < -0.3 is 14.9 Å². The molecule has 0 saturated heterocycles. The molecule has 0 rings (SSSR count). The van der Waals surface area contributed by atoms with E-state index in [1.54, 1.807) is 13.8 Å². The van der Waals surface area contributed by atoms with Crippen molar-refractivity contribution in [1.29, 1.82) is 0 Å². The summed E-state index contributed by atoms with van der Waals surface area (Å²) < 4.78 is 5.40. The average Bonchev–Trinajstić information content (AvgIpc) is 2.08. The van der Waals surface area contributed by atoms with E-state index in [1.165, 1.54) is 0 Å². The average molecular weight is 218 g/mol. The zero-order chi connectivity index (χ0) is 11.9. The summed E-state index contributed by atoms with van der Waals surface area (Å²) in [4.78, 5) is 0. The molecule has 3 heteroatoms. The van der Waals surface area contributed by atoms with Gasteiger partial charge in [-0.3, -0.25) is 0 Å². The second-order valence-electron chi connectivity index (χ2n) is 4.94. The Labute approximate surface area is 93.5 Å². The van der Waals surface area contributed by atoms with Crippen LogP contribution in [0.3, 0.4) is 0 Å². The first-order valence-electron chi connectivity index (χ1n) is 5.86. The number of hydrogen-bond acceptors (Lipinski definition) is 3. The monoisotopic (exact) mass is 218 g/mol. The Balaban J connectivity index is 3.32. The number of hydrogen-bond donors (Lipinski definition) is 2. The maximum absolute atomic E-state index is 9.55. The summed E-state index contributed by atoms with van der Waals surface area (Å²) in [5.41, 5.74) is -0.978. The second-order valence-corrected chi connectivity index (χ2v) is 4.94. The molecule has 0 unspecified atom stereocenters. The van der Waals surface area contributed by atoms with E-state index in [4.69, 9.17) is 4.74 Å². The Kier molecular flexibility index (Phi) is 7.14. The highest BCUT2D eigenvalue weighted by molar-refractivity contribution is 4.75. The zero-order valence-electron chi connectivity index (χ0n) is 10.5. The van der Waals surface area contributed by atoms with E-state index in [1.807, 2.05) is 13.8 Å². The first kappa shape index (κ1) is 14.9. The van der Waals surface area contributed by atoms with E-state index in [9.17, 15) is 10.2 Å². The molecule has 0 aliphatic carbocycles. The third kappa shape index (κ3) is 8.85. The highest BCUT2D eigenvalue weighted by atomic mass is 16.5. The third-order valence-corrected chi connectivity index (χ3v) is 2.39. The van der Waals surface area contributed by atoms with Gasteiger partial charge in [0.1, 0.15) is 0 Å². The third-order valence-electron chi connectivity index (χ3n) is 2.39. The van der Waals surface area contributed by atoms with Crippen LogP contribution in [0.5, 0.6) is 0 Å². The molecule has 0 aliphatic rings. The minimum Gasteiger partial charge on any atom is -0.390 e. The van der Waals surface area contributed by atoms with Crippen molar-refractivity contribution in [3.05, 3.63) is 0 Å². The van der Waals surface area contributed by atoms with Gasteiger partial charge in [0, 0.05) is 6.61 Å². The molecule has 2 N–H and O–H groups in total. The van der Waals surface area contributed by atoms with Crippen LogP contribution in [0.4, 0.5) is 0 Å². The summed E-state index contributed by atoms with van der Waals surface area (Å²) in [5, 5.41) is 19.0. The van der Waals surface area contributed by atoms with E-state index in [0.717, 1.165) is 25.9 Å². The van der Waals surface area contributed by atoms with Crippen LogP contribution in [0.25, 0.3) is 0 Å². The van der Waals surface area contributed by atoms with Crippen molar-refractivity contribution in [2.24, 2.45) is 0 Å². The molecule has 0 saturated carbocycles. The fourth-order valence-corrected chi connectivity index (χ4v) is 1.29. The van der Waals surface area contributed by atoms with Gasteiger partial charge in [0.15, 0.2) is 0 Å². The van der Waals surface area contributed by atoms with E-state index in [0.29, 0.717) is 12.5 Å². The molecule has 0 aliphatic heterocycles. The lowest BCUT2D eigenvalue weighted by Gasteiger charge is -2.24. The molecule has 0 heterocycles. The second kappa shape index (κ2) is 7.20. The molecule has 0 spiro atoms. The molecule has 3 nitrogen and oxygen atoms in total. The van der Waals surface area contributed by atoms with Crippen LogP contribution in [-0.4, -0.2) is 34.6 Å². The van der Waals surface area contributed by atoms with E-state index in [-0.39, 0.29) is 0 Å². The van der Waals surface area contributed by atoms with E-state index >= 15 is 0 Å². The Bertz CT molecular complexity index is 149. The van der Waals surface area contributed by atoms with Crippen LogP contribution in [-0.2, 0) is 4.74 Å². The number of aliphatic hydroxyl groups excluding tert-OH is 1. The van der Waals surface area contributed by atoms with Crippen LogP contribution in [0.2, 0.25) is 0 Å². The van der Waals surface area contributed by atoms with Gasteiger partial charge in [0.25, 0.3) is 0 Å². The molecule has 92 valence electrons. The van der Waals surface area contributed by atoms with Gasteiger partial charge in [-0.25, -0.2) is 0 Å². The SMILES string of the molecule is CC(C)OCCCCC[C@H](O)C(C)(C)O. The molecule has 1 atom stereocenters. The predicted octanol–water partition coefficient (Wildman–Crippen LogP) is 2.10. The maximum Gasteiger partial charge on any atom is 0.0849 e. The molecular formula is C12H26O3. The lowest BCUT2D eigenvalue weighted by molar-refractivity contribution is -0.0523. The number of unbranched alkanes of at least 4 members (excludes halogenated alkanes) is 2. The van der Waals surface area contributed by atoms with Crippen molar-refractivity contribution < 1.29 is 14.9 Å². The highest BCUT2D eigenvalue weighted by Gasteiger charge is 2.23. The summed E-state index contributed by atoms with van der Waals surface area (Å²) in [6.07, 6.45) is 3.34. The van der Waals surface area contributed by atoms with Crippen molar-refractivity contribution in [3.8, 4) is 0 Å². The fourth-order valence-electron chi connectivity index (χ4n) is 1.29. The maximum atomic E-state index is 9.55. The van der Waals surface area contributed by atoms with Gasteiger partial charge in [-0.15, -0.1) is 0 Å². The fraction of sp³-hybridized carbons (Fsp3) is 1.00. The molecule has 0 aromatic heterocycles. The largest absolute Gasteiger partial charge is 0.390 e. The molecule has 0 fully saturated rings. The lowest BCUT2D eigenvalue weighted by atomic mass is 9.97. The zero-order valence-corrected chi connectivity index (χ0v) is 10.5. The van der Waals surface area contributed by atoms with E-state index < -0.39 is 11.7 Å². The summed E-state index contributed by atoms with van der Waals surface area (Å²) in [5.74, 6) is 0. The number of ether oxygens (including phenoxy) is 1. The molecule has 0 aromatic rings. The van der Waals surface area contributed by atoms with Crippen LogP contribution in [0.1, 0.15) is 53.4 Å². The molecule has 0 amide bonds. The number of aliphatic hydroxyl groups is 2. The molecule has 15 heavy (non-hydrogen) atoms. The van der Waals surface area contributed by atoms with Crippen molar-refractivity contribution >= 4 is 0 Å². The first-order chi connectivity index (χ1) is 6.84. The Morgan fingerprint density at radius 1 is 1.13 bits per heavy atom. The standard InChI is InChI=1S/C12H26O3/c1-10(2)15-9-7-5-6-8-11(13)12(3,4)14/h10-11,13-14H,5-9H2,1-4H3/t11-/m0/s1. The minimum atomic E-state index is -0.978. The molecule has 0 radical (unpaired) electrons. The van der Waals surface area contributed by atoms with Crippen molar-refractivity contribution in [2.75, 3.05) is 6.61 Å². The first-order valence-corrected chi connectivity index (χ1v) is 5.86. The van der Waals surface area contributed by atoms with Gasteiger partial charge in [0.05, 0.1) is 17.8 Å². The number of rotatable bonds is 8. The van der Waals surface area contributed by atoms with Crippen molar-refractivity contribution in [2.45, 2.75) is 71.2 Å². The van der Waals surface area contributed by atoms with Crippen molar-refractivity contribution in [1.82, 2.24) is 0 Å². The predicted molar refractivity (Wildman–Crippen MR) is 61.9 cm³/mol. The van der Waals surface area contributed by atoms with Crippen LogP contribution in [0, 0.1) is 0 Å². The highest BCUT2D eigenvalue weighted by Crippen LogP contribution is 2.15. The summed E-state index contributed by atoms with van der Waals surface area (Å²) in [7, 11) is 0. The quantitative estimate of drug-likeness (QED) is 0.613. The van der Waals surface area contributed by atoms with Gasteiger partial charge in [-0.05, 0) is 40.5 Å². The summed E-state index contributed by atoms with van der Waals surface area (Å²) >= 11 is 0. The van der Waals surface area contributed by atoms with Gasteiger partial charge in [-0.1, -0.05) is 12.8 Å². The van der Waals surface area contributed by atoms with Crippen LogP contribution >= 0.6 is 0 Å². The van der Waals surface area contributed by atoms with Gasteiger partial charge >= 0.3 is 0 Å². The minimum absolute atomic E-state index is 0.298. The Morgan fingerprint density at radius 3 is 2.20 bits per heavy atom. The summed E-state index contributed by atoms with van der Waals surface area (Å²) in [6.45, 7) is 8.12. The van der Waals surface area contributed by atoms with E-state index in [2.05, 4.69) is 0 Å². The molecule has 0 bridgehead atoms. The Morgan fingerprint density at radius 2 is 1.73 bits per heavy atom. The topological polar surface area (TPSA) is 49.7 Å². The van der Waals surface area contributed by atoms with Gasteiger partial charge in [0.2, 0.25) is 0 Å². The van der Waals surface area contributed by atoms with Crippen LogP contribution < -0.4 is 0 Å².